The number of benzene rings is 3. The highest BCUT2D eigenvalue weighted by Gasteiger charge is 2.21. The maximum absolute atomic E-state index is 12.8. The van der Waals surface area contributed by atoms with Crippen molar-refractivity contribution in [1.29, 1.82) is 0 Å². The molecule has 1 amide bonds. The second kappa shape index (κ2) is 9.45. The van der Waals surface area contributed by atoms with Crippen LogP contribution >= 0.6 is 0 Å². The summed E-state index contributed by atoms with van der Waals surface area (Å²) in [6, 6.07) is 22.0. The molecule has 162 valence electrons. The van der Waals surface area contributed by atoms with Crippen molar-refractivity contribution < 1.29 is 13.2 Å². The predicted molar refractivity (Wildman–Crippen MR) is 123 cm³/mol. The van der Waals surface area contributed by atoms with E-state index >= 15 is 0 Å². The lowest BCUT2D eigenvalue weighted by atomic mass is 10.1. The Hall–Kier alpha value is -2.96. The molecule has 3 aromatic rings. The van der Waals surface area contributed by atoms with Gasteiger partial charge in [0.1, 0.15) is 0 Å². The molecule has 0 saturated heterocycles. The van der Waals surface area contributed by atoms with Crippen molar-refractivity contribution in [2.45, 2.75) is 31.8 Å². The highest BCUT2D eigenvalue weighted by atomic mass is 32.2. The number of hydrogen-bond donors (Lipinski definition) is 0. The van der Waals surface area contributed by atoms with Gasteiger partial charge in [-0.05, 0) is 49.2 Å². The van der Waals surface area contributed by atoms with Crippen LogP contribution in [0.3, 0.4) is 0 Å². The van der Waals surface area contributed by atoms with Crippen LogP contribution in [-0.2, 0) is 23.1 Å². The Balaban J connectivity index is 1.65. The fraction of sp³-hybridized carbons (Fsp3) is 0.240. The van der Waals surface area contributed by atoms with Gasteiger partial charge in [0, 0.05) is 32.7 Å². The number of amides is 1. The third-order valence-electron chi connectivity index (χ3n) is 5.22. The fourth-order valence-electron chi connectivity index (χ4n) is 3.24. The molecule has 0 saturated carbocycles. The molecule has 0 aliphatic heterocycles. The first-order valence-electron chi connectivity index (χ1n) is 10.1. The quantitative estimate of drug-likeness (QED) is 0.552. The van der Waals surface area contributed by atoms with Gasteiger partial charge in [-0.3, -0.25) is 4.79 Å². The molecule has 6 heteroatoms. The third-order valence-corrected chi connectivity index (χ3v) is 7.04. The van der Waals surface area contributed by atoms with E-state index in [1.165, 1.54) is 9.87 Å². The average molecular weight is 437 g/mol. The molecule has 0 unspecified atom stereocenters. The highest BCUT2D eigenvalue weighted by Crippen LogP contribution is 2.18. The molecule has 0 heterocycles. The molecule has 0 N–H and O–H groups in total. The smallest absolute Gasteiger partial charge is 0.253 e. The lowest BCUT2D eigenvalue weighted by Gasteiger charge is -2.19. The van der Waals surface area contributed by atoms with Crippen LogP contribution in [0, 0.1) is 13.8 Å². The van der Waals surface area contributed by atoms with Gasteiger partial charge in [-0.25, -0.2) is 8.42 Å². The SMILES string of the molecule is Cc1ccc(CN(C)C(=O)c2ccc(CN(C)S(=O)(=O)c3ccc(C)cc3)cc2)cc1. The molecule has 0 aliphatic rings. The largest absolute Gasteiger partial charge is 0.337 e. The molecule has 0 bridgehead atoms. The second-order valence-electron chi connectivity index (χ2n) is 7.92. The average Bonchev–Trinajstić information content (AvgIpc) is 2.75. The van der Waals surface area contributed by atoms with Gasteiger partial charge in [-0.15, -0.1) is 0 Å². The minimum Gasteiger partial charge on any atom is -0.337 e. The number of nitrogens with zero attached hydrogens (tertiary/aromatic N) is 2. The van der Waals surface area contributed by atoms with Gasteiger partial charge in [-0.1, -0.05) is 59.7 Å². The van der Waals surface area contributed by atoms with Crippen LogP contribution in [0.4, 0.5) is 0 Å². The maximum Gasteiger partial charge on any atom is 0.253 e. The summed E-state index contributed by atoms with van der Waals surface area (Å²) in [5, 5.41) is 0. The second-order valence-corrected chi connectivity index (χ2v) is 9.96. The van der Waals surface area contributed by atoms with E-state index in [1.807, 2.05) is 38.1 Å². The summed E-state index contributed by atoms with van der Waals surface area (Å²) >= 11 is 0. The van der Waals surface area contributed by atoms with Gasteiger partial charge >= 0.3 is 0 Å². The zero-order valence-corrected chi connectivity index (χ0v) is 19.2. The van der Waals surface area contributed by atoms with Gasteiger partial charge in [0.15, 0.2) is 0 Å². The molecule has 3 aromatic carbocycles. The van der Waals surface area contributed by atoms with Crippen molar-refractivity contribution in [3.05, 3.63) is 101 Å². The Labute approximate surface area is 185 Å². The van der Waals surface area contributed by atoms with Gasteiger partial charge < -0.3 is 4.90 Å². The van der Waals surface area contributed by atoms with E-state index in [0.29, 0.717) is 12.1 Å². The van der Waals surface area contributed by atoms with E-state index in [9.17, 15) is 13.2 Å². The molecule has 31 heavy (non-hydrogen) atoms. The van der Waals surface area contributed by atoms with Gasteiger partial charge in [0.2, 0.25) is 10.0 Å². The Morgan fingerprint density at radius 2 is 1.16 bits per heavy atom. The molecule has 5 nitrogen and oxygen atoms in total. The molecule has 0 fully saturated rings. The minimum atomic E-state index is -3.57. The van der Waals surface area contributed by atoms with Crippen molar-refractivity contribution in [1.82, 2.24) is 9.21 Å². The monoisotopic (exact) mass is 436 g/mol. The molecule has 0 aliphatic carbocycles. The highest BCUT2D eigenvalue weighted by molar-refractivity contribution is 7.89. The van der Waals surface area contributed by atoms with Crippen molar-refractivity contribution in [3.63, 3.8) is 0 Å². The number of sulfonamides is 1. The standard InChI is InChI=1S/C25H28N2O3S/c1-19-5-9-21(10-6-19)17-26(3)25(28)23-13-11-22(12-14-23)18-27(4)31(29,30)24-15-7-20(2)8-16-24/h5-16H,17-18H2,1-4H3. The van der Waals surface area contributed by atoms with Crippen LogP contribution in [0.2, 0.25) is 0 Å². The summed E-state index contributed by atoms with van der Waals surface area (Å²) in [4.78, 5) is 14.7. The van der Waals surface area contributed by atoms with E-state index in [4.69, 9.17) is 0 Å². The molecular formula is C25H28N2O3S. The van der Waals surface area contributed by atoms with Crippen LogP contribution < -0.4 is 0 Å². The molecule has 0 aromatic heterocycles. The van der Waals surface area contributed by atoms with Crippen LogP contribution in [0.15, 0.2) is 77.7 Å². The van der Waals surface area contributed by atoms with Gasteiger partial charge in [0.25, 0.3) is 5.91 Å². The molecular weight excluding hydrogens is 408 g/mol. The Bertz CT molecular complexity index is 1140. The van der Waals surface area contributed by atoms with E-state index in [2.05, 4.69) is 0 Å². The Morgan fingerprint density at radius 1 is 0.710 bits per heavy atom. The van der Waals surface area contributed by atoms with Crippen molar-refractivity contribution in [2.24, 2.45) is 0 Å². The summed E-state index contributed by atoms with van der Waals surface area (Å²) in [7, 11) is -0.238. The summed E-state index contributed by atoms with van der Waals surface area (Å²) in [6.07, 6.45) is 0. The maximum atomic E-state index is 12.8. The van der Waals surface area contributed by atoms with Gasteiger partial charge in [-0.2, -0.15) is 4.31 Å². The van der Waals surface area contributed by atoms with Crippen molar-refractivity contribution in [2.75, 3.05) is 14.1 Å². The number of aryl methyl sites for hydroxylation is 2. The molecule has 0 spiro atoms. The van der Waals surface area contributed by atoms with Crippen molar-refractivity contribution in [3.8, 4) is 0 Å². The first-order chi connectivity index (χ1) is 14.7. The van der Waals surface area contributed by atoms with E-state index < -0.39 is 10.0 Å². The van der Waals surface area contributed by atoms with Crippen LogP contribution in [0.5, 0.6) is 0 Å². The van der Waals surface area contributed by atoms with E-state index in [0.717, 1.165) is 16.7 Å². The van der Waals surface area contributed by atoms with Crippen molar-refractivity contribution >= 4 is 15.9 Å². The van der Waals surface area contributed by atoms with E-state index in [-0.39, 0.29) is 17.3 Å². The molecule has 0 radical (unpaired) electrons. The van der Waals surface area contributed by atoms with Crippen LogP contribution in [0.25, 0.3) is 0 Å². The fourth-order valence-corrected chi connectivity index (χ4v) is 4.40. The van der Waals surface area contributed by atoms with Crippen LogP contribution in [-0.4, -0.2) is 37.6 Å². The summed E-state index contributed by atoms with van der Waals surface area (Å²) in [6.45, 7) is 4.70. The van der Waals surface area contributed by atoms with E-state index in [1.54, 1.807) is 67.5 Å². The topological polar surface area (TPSA) is 57.7 Å². The molecule has 3 rings (SSSR count). The Morgan fingerprint density at radius 3 is 1.71 bits per heavy atom. The lowest BCUT2D eigenvalue weighted by molar-refractivity contribution is 0.0785. The zero-order chi connectivity index (χ0) is 22.6. The number of rotatable bonds is 7. The first kappa shape index (κ1) is 22.7. The number of carbonyl (C=O) groups excluding carboxylic acids is 1. The predicted octanol–water partition coefficient (Wildman–Crippen LogP) is 4.40. The van der Waals surface area contributed by atoms with Gasteiger partial charge in [0.05, 0.1) is 4.90 Å². The lowest BCUT2D eigenvalue weighted by Crippen LogP contribution is -2.27. The summed E-state index contributed by atoms with van der Waals surface area (Å²) < 4.78 is 26.9. The zero-order valence-electron chi connectivity index (χ0n) is 18.4. The normalized spacial score (nSPS) is 11.5. The molecule has 0 atom stereocenters. The Kier molecular flexibility index (Phi) is 6.93. The van der Waals surface area contributed by atoms with Crippen LogP contribution in [0.1, 0.15) is 32.6 Å². The number of carbonyl (C=O) groups is 1. The number of hydrogen-bond acceptors (Lipinski definition) is 3. The minimum absolute atomic E-state index is 0.0762. The summed E-state index contributed by atoms with van der Waals surface area (Å²) in [5.41, 5.74) is 4.65. The first-order valence-corrected chi connectivity index (χ1v) is 11.5. The summed E-state index contributed by atoms with van der Waals surface area (Å²) in [5.74, 6) is -0.0762. The third kappa shape index (κ3) is 5.60.